The Hall–Kier alpha value is -5.26. The van der Waals surface area contributed by atoms with Crippen molar-refractivity contribution < 1.29 is 36.7 Å². The summed E-state index contributed by atoms with van der Waals surface area (Å²) in [7, 11) is 0. The van der Waals surface area contributed by atoms with Crippen LogP contribution < -0.4 is 10.2 Å². The Kier molecular flexibility index (Phi) is 8.58. The molecule has 0 saturated carbocycles. The number of nitrogens with zero attached hydrogens (tertiary/aromatic N) is 3. The first kappa shape index (κ1) is 31.2. The molecule has 2 heterocycles. The second-order valence-electron chi connectivity index (χ2n) is 10.2. The predicted molar refractivity (Wildman–Crippen MR) is 158 cm³/mol. The first-order valence-corrected chi connectivity index (χ1v) is 14.1. The third kappa shape index (κ3) is 5.95. The lowest BCUT2D eigenvalue weighted by molar-refractivity contribution is -0.138. The van der Waals surface area contributed by atoms with Crippen LogP contribution in [0.25, 0.3) is 11.3 Å². The smallest absolute Gasteiger partial charge is 0.416 e. The number of para-hydroxylation sites is 1. The Morgan fingerprint density at radius 3 is 2.31 bits per heavy atom. The van der Waals surface area contributed by atoms with Gasteiger partial charge in [-0.05, 0) is 61.9 Å². The minimum absolute atomic E-state index is 0.0517. The van der Waals surface area contributed by atoms with E-state index in [-0.39, 0.29) is 35.8 Å². The number of halogens is 4. The van der Waals surface area contributed by atoms with Crippen molar-refractivity contribution >= 4 is 29.2 Å². The second-order valence-corrected chi connectivity index (χ2v) is 10.2. The predicted octanol–water partition coefficient (Wildman–Crippen LogP) is 5.90. The quantitative estimate of drug-likeness (QED) is 0.150. The molecule has 2 amide bonds. The summed E-state index contributed by atoms with van der Waals surface area (Å²) in [6, 6.07) is 16.5. The molecule has 1 aromatic heterocycles. The fourth-order valence-electron chi connectivity index (χ4n) is 5.38. The van der Waals surface area contributed by atoms with Crippen molar-refractivity contribution in [1.29, 1.82) is 0 Å². The molecule has 3 aromatic carbocycles. The highest BCUT2D eigenvalue weighted by molar-refractivity contribution is 6.16. The van der Waals surface area contributed by atoms with E-state index in [4.69, 9.17) is 9.84 Å². The number of nitrogens with one attached hydrogen (secondary N) is 1. The molecule has 0 bridgehead atoms. The van der Waals surface area contributed by atoms with Gasteiger partial charge >= 0.3 is 12.1 Å². The van der Waals surface area contributed by atoms with E-state index in [1.165, 1.54) is 39.9 Å². The third-order valence-electron chi connectivity index (χ3n) is 7.42. The van der Waals surface area contributed by atoms with Gasteiger partial charge < -0.3 is 10.1 Å². The fraction of sp³-hybridized carbons (Fsp3) is 0.212. The van der Waals surface area contributed by atoms with Gasteiger partial charge in [0.25, 0.3) is 11.8 Å². The number of benzene rings is 3. The van der Waals surface area contributed by atoms with Gasteiger partial charge in [-0.3, -0.25) is 14.5 Å². The first-order chi connectivity index (χ1) is 21.5. The van der Waals surface area contributed by atoms with Crippen LogP contribution in [0.15, 0.2) is 85.4 Å². The molecule has 0 aliphatic carbocycles. The molecule has 1 aliphatic rings. The average Bonchev–Trinajstić information content (AvgIpc) is 3.41. The Bertz CT molecular complexity index is 1770. The van der Waals surface area contributed by atoms with Crippen LogP contribution in [0.2, 0.25) is 0 Å². The summed E-state index contributed by atoms with van der Waals surface area (Å²) in [6.45, 7) is 7.41. The van der Waals surface area contributed by atoms with Gasteiger partial charge in [0.15, 0.2) is 0 Å². The molecule has 1 aliphatic heterocycles. The molecule has 4 aromatic rings. The van der Waals surface area contributed by atoms with Crippen LogP contribution >= 0.6 is 0 Å². The largest absolute Gasteiger partial charge is 0.462 e. The van der Waals surface area contributed by atoms with Gasteiger partial charge in [0.05, 0.1) is 23.4 Å². The molecule has 2 atom stereocenters. The zero-order chi connectivity index (χ0) is 32.5. The van der Waals surface area contributed by atoms with E-state index >= 15 is 0 Å². The maximum absolute atomic E-state index is 14.3. The molecule has 12 heteroatoms. The number of hydrogen-bond donors (Lipinski definition) is 1. The van der Waals surface area contributed by atoms with Crippen LogP contribution in [0, 0.1) is 5.82 Å². The van der Waals surface area contributed by atoms with E-state index in [1.54, 1.807) is 44.2 Å². The minimum atomic E-state index is -4.70. The van der Waals surface area contributed by atoms with Gasteiger partial charge in [0.2, 0.25) is 0 Å². The summed E-state index contributed by atoms with van der Waals surface area (Å²) in [6.07, 6.45) is -4.70. The number of carbonyl (C=O) groups is 3. The number of esters is 1. The molecule has 45 heavy (non-hydrogen) atoms. The lowest BCUT2D eigenvalue weighted by Gasteiger charge is -2.38. The first-order valence-electron chi connectivity index (χ1n) is 14.1. The Balaban J connectivity index is 1.74. The number of carbonyl (C=O) groups excluding carboxylic acids is 3. The van der Waals surface area contributed by atoms with E-state index in [0.29, 0.717) is 22.9 Å². The molecule has 8 nitrogen and oxygen atoms in total. The van der Waals surface area contributed by atoms with Gasteiger partial charge in [0.1, 0.15) is 23.4 Å². The van der Waals surface area contributed by atoms with Crippen molar-refractivity contribution in [1.82, 2.24) is 15.1 Å². The molecule has 1 N–H and O–H groups in total. The lowest BCUT2D eigenvalue weighted by atomic mass is 9.80. The van der Waals surface area contributed by atoms with Crippen molar-refractivity contribution in [2.24, 2.45) is 0 Å². The van der Waals surface area contributed by atoms with Gasteiger partial charge in [-0.25, -0.2) is 13.9 Å². The molecular formula is C33H28F4N4O4. The molecule has 5 rings (SSSR count). The molecule has 232 valence electrons. The normalized spacial score (nSPS) is 16.2. The van der Waals surface area contributed by atoms with Crippen LogP contribution in [0.5, 0.6) is 0 Å². The standard InChI is InChI=1S/C33H28F4N4O4/c1-4-40-30-26(27(19(3)32(44)45-5-2)39-41(30)24-12-7-6-8-13-24)25(20-14-16-23(34)17-15-20)28(31(40)43)38-29(42)21-10-9-11-22(18-21)33(35,36)37/h6-18,25,28H,3-5H2,1-2H3,(H,38,42)/t25-,28-/m0/s1. The number of aromatic nitrogens is 2. The minimum Gasteiger partial charge on any atom is -0.462 e. The summed E-state index contributed by atoms with van der Waals surface area (Å²) >= 11 is 0. The Labute approximate surface area is 255 Å². The van der Waals surface area contributed by atoms with E-state index in [1.807, 2.05) is 0 Å². The summed E-state index contributed by atoms with van der Waals surface area (Å²) in [4.78, 5) is 42.1. The van der Waals surface area contributed by atoms with Gasteiger partial charge in [-0.15, -0.1) is 0 Å². The summed E-state index contributed by atoms with van der Waals surface area (Å²) in [5, 5.41) is 7.34. The monoisotopic (exact) mass is 620 g/mol. The molecule has 0 unspecified atom stereocenters. The van der Waals surface area contributed by atoms with Crippen molar-refractivity contribution in [3.05, 3.63) is 119 Å². The maximum atomic E-state index is 14.3. The summed E-state index contributed by atoms with van der Waals surface area (Å²) in [5.41, 5.74) is -0.155. The Morgan fingerprint density at radius 2 is 1.69 bits per heavy atom. The van der Waals surface area contributed by atoms with Gasteiger partial charge in [-0.1, -0.05) is 43.0 Å². The molecular weight excluding hydrogens is 592 g/mol. The molecule has 0 saturated heterocycles. The molecule has 0 fully saturated rings. The van der Waals surface area contributed by atoms with Crippen molar-refractivity contribution in [2.45, 2.75) is 32.0 Å². The highest BCUT2D eigenvalue weighted by atomic mass is 19.4. The van der Waals surface area contributed by atoms with Crippen LogP contribution in [-0.4, -0.2) is 46.8 Å². The van der Waals surface area contributed by atoms with E-state index in [0.717, 1.165) is 12.1 Å². The average molecular weight is 621 g/mol. The Morgan fingerprint density at radius 1 is 1.00 bits per heavy atom. The zero-order valence-electron chi connectivity index (χ0n) is 24.3. The maximum Gasteiger partial charge on any atom is 0.416 e. The van der Waals surface area contributed by atoms with Crippen LogP contribution in [0.1, 0.15) is 52.5 Å². The zero-order valence-corrected chi connectivity index (χ0v) is 24.3. The number of alkyl halides is 3. The number of hydrogen-bond acceptors (Lipinski definition) is 5. The molecule has 0 spiro atoms. The number of amides is 2. The fourth-order valence-corrected chi connectivity index (χ4v) is 5.38. The van der Waals surface area contributed by atoms with Crippen molar-refractivity contribution in [3.63, 3.8) is 0 Å². The van der Waals surface area contributed by atoms with Crippen LogP contribution in [0.4, 0.5) is 23.4 Å². The number of fused-ring (bicyclic) bond motifs is 1. The summed E-state index contributed by atoms with van der Waals surface area (Å²) < 4.78 is 61.1. The highest BCUT2D eigenvalue weighted by Gasteiger charge is 2.47. The van der Waals surface area contributed by atoms with Crippen LogP contribution in [-0.2, 0) is 20.5 Å². The van der Waals surface area contributed by atoms with Gasteiger partial charge in [-0.2, -0.15) is 18.3 Å². The van der Waals surface area contributed by atoms with E-state index in [2.05, 4.69) is 11.9 Å². The summed E-state index contributed by atoms with van der Waals surface area (Å²) in [5.74, 6) is -3.63. The highest BCUT2D eigenvalue weighted by Crippen LogP contribution is 2.45. The van der Waals surface area contributed by atoms with Crippen molar-refractivity contribution in [2.75, 3.05) is 18.1 Å². The third-order valence-corrected chi connectivity index (χ3v) is 7.42. The number of likely N-dealkylation sites (N-methyl/N-ethyl adjacent to an activating group) is 1. The van der Waals surface area contributed by atoms with E-state index < -0.39 is 47.3 Å². The van der Waals surface area contributed by atoms with Crippen LogP contribution in [0.3, 0.4) is 0 Å². The second kappa shape index (κ2) is 12.4. The topological polar surface area (TPSA) is 93.5 Å². The number of rotatable bonds is 8. The van der Waals surface area contributed by atoms with Gasteiger partial charge in [0, 0.05) is 23.6 Å². The lowest BCUT2D eigenvalue weighted by Crippen LogP contribution is -2.55. The van der Waals surface area contributed by atoms with E-state index in [9.17, 15) is 31.9 Å². The number of anilines is 1. The molecule has 0 radical (unpaired) electrons. The van der Waals surface area contributed by atoms with Crippen molar-refractivity contribution in [3.8, 4) is 5.69 Å². The SMILES string of the molecule is C=C(C(=O)OCC)c1nn(-c2ccccc2)c2c1[C@H](c1ccc(F)cc1)[C@H](NC(=O)c1cccc(C(F)(F)F)c1)C(=O)N2CC. The number of ether oxygens (including phenoxy) is 1.